The van der Waals surface area contributed by atoms with Crippen LogP contribution in [-0.2, 0) is 4.79 Å². The molecule has 1 heterocycles. The number of hydrogen-bond acceptors (Lipinski definition) is 3. The lowest BCUT2D eigenvalue weighted by Crippen LogP contribution is -2.34. The van der Waals surface area contributed by atoms with Crippen LogP contribution in [0.2, 0.25) is 0 Å². The largest absolute Gasteiger partial charge is 0.481 e. The van der Waals surface area contributed by atoms with Crippen LogP contribution in [0, 0.1) is 0 Å². The zero-order chi connectivity index (χ0) is 14.3. The van der Waals surface area contributed by atoms with E-state index >= 15 is 0 Å². The normalized spacial score (nSPS) is 18.1. The Morgan fingerprint density at radius 1 is 1.35 bits per heavy atom. The number of carboxylic acid groups (broad SMARTS) is 1. The van der Waals surface area contributed by atoms with E-state index in [1.807, 2.05) is 37.4 Å². The molecule has 1 aromatic rings. The minimum atomic E-state index is -0.745. The van der Waals surface area contributed by atoms with Crippen LogP contribution >= 0.6 is 17.0 Å². The van der Waals surface area contributed by atoms with Crippen molar-refractivity contribution in [3.05, 3.63) is 42.0 Å². The second-order valence-corrected chi connectivity index (χ2v) is 4.51. The first-order valence-corrected chi connectivity index (χ1v) is 6.38. The number of benzene rings is 1. The van der Waals surface area contributed by atoms with E-state index in [0.29, 0.717) is 0 Å². The van der Waals surface area contributed by atoms with E-state index in [9.17, 15) is 9.90 Å². The summed E-state index contributed by atoms with van der Waals surface area (Å²) in [4.78, 5) is 11.5. The number of likely N-dealkylation sites (N-methyl/N-ethyl adjacent to an activating group) is 1. The summed E-state index contributed by atoms with van der Waals surface area (Å²) in [5.74, 6) is -0.745. The van der Waals surface area contributed by atoms with Crippen molar-refractivity contribution >= 4 is 28.5 Å². The average molecular weight is 344 g/mol. The maximum Gasteiger partial charge on any atom is 0.303 e. The van der Waals surface area contributed by atoms with Gasteiger partial charge < -0.3 is 10.2 Å². The van der Waals surface area contributed by atoms with Gasteiger partial charge in [0.25, 0.3) is 0 Å². The Hall–Kier alpha value is -1.17. The van der Waals surface area contributed by atoms with Gasteiger partial charge in [0.05, 0.1) is 6.10 Å². The molecule has 1 aliphatic rings. The molecule has 1 unspecified atom stereocenters. The third kappa shape index (κ3) is 6.32. The Morgan fingerprint density at radius 3 is 2.35 bits per heavy atom. The van der Waals surface area contributed by atoms with Gasteiger partial charge in [-0.05, 0) is 18.2 Å². The SMILES string of the molecule is Br.CCC(=O)O.CN1CC=C(c2ccccc2)C(O)C1. The van der Waals surface area contributed by atoms with Gasteiger partial charge in [0.15, 0.2) is 0 Å². The Labute approximate surface area is 130 Å². The molecule has 0 aliphatic carbocycles. The fourth-order valence-corrected chi connectivity index (χ4v) is 1.80. The smallest absolute Gasteiger partial charge is 0.303 e. The Morgan fingerprint density at radius 2 is 1.90 bits per heavy atom. The minimum Gasteiger partial charge on any atom is -0.481 e. The zero-order valence-corrected chi connectivity index (χ0v) is 13.5. The van der Waals surface area contributed by atoms with Crippen molar-refractivity contribution in [2.75, 3.05) is 20.1 Å². The summed E-state index contributed by atoms with van der Waals surface area (Å²) < 4.78 is 0. The fourth-order valence-electron chi connectivity index (χ4n) is 1.80. The van der Waals surface area contributed by atoms with Crippen molar-refractivity contribution in [3.8, 4) is 0 Å². The molecule has 0 fully saturated rings. The second-order valence-electron chi connectivity index (χ2n) is 4.51. The third-order valence-corrected chi connectivity index (χ3v) is 2.88. The molecular weight excluding hydrogens is 322 g/mol. The van der Waals surface area contributed by atoms with Crippen molar-refractivity contribution < 1.29 is 15.0 Å². The molecule has 1 atom stereocenters. The summed E-state index contributed by atoms with van der Waals surface area (Å²) in [6.45, 7) is 3.24. The summed E-state index contributed by atoms with van der Waals surface area (Å²) >= 11 is 0. The molecule has 112 valence electrons. The summed E-state index contributed by atoms with van der Waals surface area (Å²) in [5, 5.41) is 17.6. The van der Waals surface area contributed by atoms with Crippen LogP contribution in [-0.4, -0.2) is 47.3 Å². The van der Waals surface area contributed by atoms with E-state index in [1.54, 1.807) is 6.92 Å². The minimum absolute atomic E-state index is 0. The molecule has 0 saturated carbocycles. The molecule has 1 aromatic carbocycles. The van der Waals surface area contributed by atoms with Crippen LogP contribution in [0.1, 0.15) is 18.9 Å². The number of carbonyl (C=O) groups is 1. The highest BCUT2D eigenvalue weighted by atomic mass is 79.9. The Balaban J connectivity index is 0.000000526. The van der Waals surface area contributed by atoms with Crippen LogP contribution in [0.15, 0.2) is 36.4 Å². The van der Waals surface area contributed by atoms with Crippen molar-refractivity contribution in [2.45, 2.75) is 19.4 Å². The van der Waals surface area contributed by atoms with Crippen LogP contribution in [0.4, 0.5) is 0 Å². The summed E-state index contributed by atoms with van der Waals surface area (Å²) in [7, 11) is 2.02. The van der Waals surface area contributed by atoms with Gasteiger partial charge >= 0.3 is 5.97 Å². The van der Waals surface area contributed by atoms with Crippen LogP contribution in [0.3, 0.4) is 0 Å². The summed E-state index contributed by atoms with van der Waals surface area (Å²) in [5.41, 5.74) is 2.19. The van der Waals surface area contributed by atoms with E-state index in [4.69, 9.17) is 5.11 Å². The molecule has 0 amide bonds. The number of aliphatic hydroxyl groups is 1. The van der Waals surface area contributed by atoms with E-state index < -0.39 is 5.97 Å². The second kappa shape index (κ2) is 9.69. The molecule has 0 saturated heterocycles. The zero-order valence-electron chi connectivity index (χ0n) is 11.8. The molecule has 0 radical (unpaired) electrons. The van der Waals surface area contributed by atoms with Gasteiger partial charge in [-0.3, -0.25) is 9.69 Å². The first kappa shape index (κ1) is 18.8. The van der Waals surface area contributed by atoms with Gasteiger partial charge in [-0.1, -0.05) is 43.3 Å². The average Bonchev–Trinajstić information content (AvgIpc) is 2.40. The molecule has 1 aliphatic heterocycles. The molecule has 20 heavy (non-hydrogen) atoms. The van der Waals surface area contributed by atoms with Gasteiger partial charge in [0.1, 0.15) is 0 Å². The van der Waals surface area contributed by atoms with Crippen LogP contribution in [0.5, 0.6) is 0 Å². The molecule has 2 rings (SSSR count). The number of halogens is 1. The Bertz CT molecular complexity index is 434. The van der Waals surface area contributed by atoms with Crippen molar-refractivity contribution in [1.82, 2.24) is 4.90 Å². The molecule has 0 aromatic heterocycles. The summed E-state index contributed by atoms with van der Waals surface area (Å²) in [6.07, 6.45) is 1.97. The van der Waals surface area contributed by atoms with Gasteiger partial charge in [-0.15, -0.1) is 17.0 Å². The maximum atomic E-state index is 9.88. The predicted molar refractivity (Wildman–Crippen MR) is 86.2 cm³/mol. The number of β-amino-alcohol motifs (C(OH)–C–C–N with tert-alkyl or cyclic N) is 1. The van der Waals surface area contributed by atoms with E-state index in [1.165, 1.54) is 0 Å². The number of aliphatic hydroxyl groups excluding tert-OH is 1. The van der Waals surface area contributed by atoms with Crippen LogP contribution in [0.25, 0.3) is 5.57 Å². The lowest BCUT2D eigenvalue weighted by molar-refractivity contribution is -0.136. The first-order chi connectivity index (χ1) is 9.04. The van der Waals surface area contributed by atoms with Crippen LogP contribution < -0.4 is 0 Å². The van der Waals surface area contributed by atoms with Crippen molar-refractivity contribution in [1.29, 1.82) is 0 Å². The molecule has 4 nitrogen and oxygen atoms in total. The molecular formula is C15H22BrNO3. The molecule has 5 heteroatoms. The van der Waals surface area contributed by atoms with E-state index in [-0.39, 0.29) is 29.5 Å². The first-order valence-electron chi connectivity index (χ1n) is 6.38. The van der Waals surface area contributed by atoms with E-state index in [2.05, 4.69) is 11.0 Å². The topological polar surface area (TPSA) is 60.8 Å². The van der Waals surface area contributed by atoms with E-state index in [0.717, 1.165) is 24.2 Å². The Kier molecular flexibility index (Phi) is 9.12. The van der Waals surface area contributed by atoms with Gasteiger partial charge in [-0.2, -0.15) is 0 Å². The lowest BCUT2D eigenvalue weighted by atomic mass is 9.97. The van der Waals surface area contributed by atoms with Crippen molar-refractivity contribution in [3.63, 3.8) is 0 Å². The number of rotatable bonds is 2. The maximum absolute atomic E-state index is 9.88. The fraction of sp³-hybridized carbons (Fsp3) is 0.400. The third-order valence-electron chi connectivity index (χ3n) is 2.88. The predicted octanol–water partition coefficient (Wildman–Crippen LogP) is 2.44. The lowest BCUT2D eigenvalue weighted by Gasteiger charge is -2.27. The quantitative estimate of drug-likeness (QED) is 0.865. The summed E-state index contributed by atoms with van der Waals surface area (Å²) in [6, 6.07) is 10.1. The number of hydrogen-bond donors (Lipinski definition) is 2. The van der Waals surface area contributed by atoms with Crippen molar-refractivity contribution in [2.24, 2.45) is 0 Å². The van der Waals surface area contributed by atoms with Gasteiger partial charge in [0, 0.05) is 19.5 Å². The molecule has 2 N–H and O–H groups in total. The highest BCUT2D eigenvalue weighted by molar-refractivity contribution is 8.93. The monoisotopic (exact) mass is 343 g/mol. The number of aliphatic carboxylic acids is 1. The molecule has 0 bridgehead atoms. The highest BCUT2D eigenvalue weighted by Crippen LogP contribution is 2.21. The number of carboxylic acids is 1. The standard InChI is InChI=1S/C12H15NO.C3H6O2.BrH/c1-13-8-7-11(12(14)9-13)10-5-3-2-4-6-10;1-2-3(4)5;/h2-7,12,14H,8-9H2,1H3;2H2,1H3,(H,4,5);1H. The van der Waals surface area contributed by atoms with Gasteiger partial charge in [-0.25, -0.2) is 0 Å². The number of nitrogens with zero attached hydrogens (tertiary/aromatic N) is 1. The highest BCUT2D eigenvalue weighted by Gasteiger charge is 2.18. The molecule has 0 spiro atoms. The van der Waals surface area contributed by atoms with Gasteiger partial charge in [0.2, 0.25) is 0 Å².